The highest BCUT2D eigenvalue weighted by Crippen LogP contribution is 2.24. The van der Waals surface area contributed by atoms with Gasteiger partial charge in [0.15, 0.2) is 0 Å². The molecule has 30 heavy (non-hydrogen) atoms. The van der Waals surface area contributed by atoms with E-state index in [0.717, 1.165) is 4.68 Å². The zero-order valence-electron chi connectivity index (χ0n) is 16.8. The van der Waals surface area contributed by atoms with Crippen LogP contribution in [0, 0.1) is 6.92 Å². The van der Waals surface area contributed by atoms with Gasteiger partial charge in [-0.05, 0) is 43.2 Å². The largest absolute Gasteiger partial charge is 0.326 e. The van der Waals surface area contributed by atoms with Gasteiger partial charge in [0.2, 0.25) is 15.9 Å². The maximum Gasteiger partial charge on any atom is 0.277 e. The molecular formula is C20H23N5O4S. The maximum atomic E-state index is 12.4. The summed E-state index contributed by atoms with van der Waals surface area (Å²) in [6.45, 7) is 3.58. The van der Waals surface area contributed by atoms with Crippen molar-refractivity contribution < 1.29 is 13.2 Å². The van der Waals surface area contributed by atoms with Crippen LogP contribution < -0.4 is 15.6 Å². The van der Waals surface area contributed by atoms with Crippen molar-refractivity contribution in [3.63, 3.8) is 0 Å². The van der Waals surface area contributed by atoms with Crippen LogP contribution in [0.1, 0.15) is 25.3 Å². The molecule has 158 valence electrons. The van der Waals surface area contributed by atoms with E-state index in [1.165, 1.54) is 0 Å². The smallest absolute Gasteiger partial charge is 0.277 e. The number of aryl methyl sites for hydroxylation is 1. The van der Waals surface area contributed by atoms with Crippen LogP contribution in [0.3, 0.4) is 0 Å². The van der Waals surface area contributed by atoms with Crippen LogP contribution >= 0.6 is 0 Å². The van der Waals surface area contributed by atoms with Crippen molar-refractivity contribution in [3.8, 4) is 0 Å². The van der Waals surface area contributed by atoms with Gasteiger partial charge in [-0.1, -0.05) is 30.3 Å². The lowest BCUT2D eigenvalue weighted by molar-refractivity contribution is -0.116. The number of amides is 1. The minimum absolute atomic E-state index is 0.0121. The fourth-order valence-electron chi connectivity index (χ4n) is 2.96. The monoisotopic (exact) mass is 429 g/mol. The Bertz CT molecular complexity index is 1240. The zero-order valence-corrected chi connectivity index (χ0v) is 17.6. The first-order valence-electron chi connectivity index (χ1n) is 9.53. The molecule has 0 fully saturated rings. The standard InChI is InChI=1S/C20H23N5O4S/c1-3-13-30(28,29)23-17-10-6-9-16(14(17)2)21-19(26)11-12-25-20(27)15-7-4-5-8-18(15)22-24-25/h4-10,23H,3,11-13H2,1-2H3,(H,21,26). The Morgan fingerprint density at radius 3 is 2.60 bits per heavy atom. The fourth-order valence-corrected chi connectivity index (χ4v) is 4.15. The second kappa shape index (κ2) is 9.04. The molecule has 9 nitrogen and oxygen atoms in total. The number of rotatable bonds is 8. The van der Waals surface area contributed by atoms with E-state index in [-0.39, 0.29) is 30.2 Å². The van der Waals surface area contributed by atoms with Gasteiger partial charge in [0.1, 0.15) is 5.52 Å². The van der Waals surface area contributed by atoms with Gasteiger partial charge in [-0.25, -0.2) is 13.1 Å². The molecule has 3 rings (SSSR count). The van der Waals surface area contributed by atoms with Crippen LogP contribution in [0.15, 0.2) is 47.3 Å². The molecule has 0 atom stereocenters. The third-order valence-electron chi connectivity index (χ3n) is 4.53. The average Bonchev–Trinajstić information content (AvgIpc) is 2.70. The summed E-state index contributed by atoms with van der Waals surface area (Å²) >= 11 is 0. The van der Waals surface area contributed by atoms with Gasteiger partial charge in [0.05, 0.1) is 23.4 Å². The molecule has 10 heteroatoms. The number of hydrogen-bond acceptors (Lipinski definition) is 6. The molecule has 0 aliphatic carbocycles. The van der Waals surface area contributed by atoms with E-state index in [0.29, 0.717) is 34.3 Å². The van der Waals surface area contributed by atoms with Crippen molar-refractivity contribution in [2.24, 2.45) is 0 Å². The van der Waals surface area contributed by atoms with E-state index in [1.54, 1.807) is 56.3 Å². The summed E-state index contributed by atoms with van der Waals surface area (Å²) in [6, 6.07) is 11.9. The molecule has 0 bridgehead atoms. The molecule has 1 heterocycles. The summed E-state index contributed by atoms with van der Waals surface area (Å²) in [5, 5.41) is 11.1. The molecule has 2 N–H and O–H groups in total. The van der Waals surface area contributed by atoms with Crippen molar-refractivity contribution in [1.82, 2.24) is 15.0 Å². The van der Waals surface area contributed by atoms with Crippen LogP contribution in [0.5, 0.6) is 0 Å². The Kier molecular flexibility index (Phi) is 6.46. The molecule has 0 aliphatic rings. The highest BCUT2D eigenvalue weighted by Gasteiger charge is 2.14. The predicted octanol–water partition coefficient (Wildman–Crippen LogP) is 2.28. The summed E-state index contributed by atoms with van der Waals surface area (Å²) in [5.41, 5.74) is 1.71. The number of nitrogens with one attached hydrogen (secondary N) is 2. The third kappa shape index (κ3) is 5.01. The molecule has 3 aromatic rings. The third-order valence-corrected chi connectivity index (χ3v) is 6.00. The first-order valence-corrected chi connectivity index (χ1v) is 11.2. The van der Waals surface area contributed by atoms with Crippen molar-refractivity contribution in [3.05, 3.63) is 58.4 Å². The van der Waals surface area contributed by atoms with Gasteiger partial charge >= 0.3 is 0 Å². The SMILES string of the molecule is CCCS(=O)(=O)Nc1cccc(NC(=O)CCn2nnc3ccccc3c2=O)c1C. The molecule has 0 unspecified atom stereocenters. The van der Waals surface area contributed by atoms with Gasteiger partial charge in [-0.3, -0.25) is 14.3 Å². The molecule has 0 saturated heterocycles. The zero-order chi connectivity index (χ0) is 21.7. The normalized spacial score (nSPS) is 11.4. The van der Waals surface area contributed by atoms with E-state index in [1.807, 2.05) is 0 Å². The van der Waals surface area contributed by atoms with Crippen molar-refractivity contribution >= 4 is 38.2 Å². The first kappa shape index (κ1) is 21.4. The Balaban J connectivity index is 1.69. The van der Waals surface area contributed by atoms with Crippen molar-refractivity contribution in [2.45, 2.75) is 33.2 Å². The molecule has 1 aromatic heterocycles. The minimum atomic E-state index is -3.44. The van der Waals surface area contributed by atoms with E-state index in [2.05, 4.69) is 20.4 Å². The molecule has 0 aliphatic heterocycles. The van der Waals surface area contributed by atoms with Crippen LogP contribution in [0.2, 0.25) is 0 Å². The summed E-state index contributed by atoms with van der Waals surface area (Å²) in [7, 11) is -3.44. The van der Waals surface area contributed by atoms with Crippen LogP contribution in [0.4, 0.5) is 11.4 Å². The quantitative estimate of drug-likeness (QED) is 0.566. The van der Waals surface area contributed by atoms with Crippen LogP contribution in [0.25, 0.3) is 10.9 Å². The van der Waals surface area contributed by atoms with Crippen molar-refractivity contribution in [1.29, 1.82) is 0 Å². The molecular weight excluding hydrogens is 406 g/mol. The van der Waals surface area contributed by atoms with Gasteiger partial charge in [-0.2, -0.15) is 0 Å². The highest BCUT2D eigenvalue weighted by molar-refractivity contribution is 7.92. The Morgan fingerprint density at radius 1 is 1.10 bits per heavy atom. The van der Waals surface area contributed by atoms with Gasteiger partial charge in [-0.15, -0.1) is 5.10 Å². The second-order valence-electron chi connectivity index (χ2n) is 6.83. The van der Waals surface area contributed by atoms with Gasteiger partial charge in [0.25, 0.3) is 5.56 Å². The lowest BCUT2D eigenvalue weighted by Crippen LogP contribution is -2.26. The maximum absolute atomic E-state index is 12.4. The Labute approximate surface area is 174 Å². The number of fused-ring (bicyclic) bond motifs is 1. The molecule has 0 saturated carbocycles. The second-order valence-corrected chi connectivity index (χ2v) is 8.67. The van der Waals surface area contributed by atoms with E-state index >= 15 is 0 Å². The molecule has 1 amide bonds. The van der Waals surface area contributed by atoms with Gasteiger partial charge in [0, 0.05) is 12.1 Å². The number of hydrogen-bond donors (Lipinski definition) is 2. The fraction of sp³-hybridized carbons (Fsp3) is 0.300. The highest BCUT2D eigenvalue weighted by atomic mass is 32.2. The van der Waals surface area contributed by atoms with Crippen molar-refractivity contribution in [2.75, 3.05) is 15.8 Å². The van der Waals surface area contributed by atoms with E-state index in [9.17, 15) is 18.0 Å². The lowest BCUT2D eigenvalue weighted by atomic mass is 10.1. The van der Waals surface area contributed by atoms with Crippen LogP contribution in [-0.4, -0.2) is 35.1 Å². The van der Waals surface area contributed by atoms with E-state index < -0.39 is 10.0 Å². The minimum Gasteiger partial charge on any atom is -0.326 e. The summed E-state index contributed by atoms with van der Waals surface area (Å²) in [6.07, 6.45) is 0.514. The molecule has 2 aromatic carbocycles. The Morgan fingerprint density at radius 2 is 1.83 bits per heavy atom. The number of sulfonamides is 1. The average molecular weight is 430 g/mol. The number of anilines is 2. The number of aromatic nitrogens is 3. The lowest BCUT2D eigenvalue weighted by Gasteiger charge is -2.14. The molecule has 0 radical (unpaired) electrons. The number of benzene rings is 2. The van der Waals surface area contributed by atoms with Gasteiger partial charge < -0.3 is 5.32 Å². The first-order chi connectivity index (χ1) is 14.3. The Hall–Kier alpha value is -3.27. The number of carbonyl (C=O) groups is 1. The topological polar surface area (TPSA) is 123 Å². The number of nitrogens with zero attached hydrogens (tertiary/aromatic N) is 3. The number of carbonyl (C=O) groups excluding carboxylic acids is 1. The predicted molar refractivity (Wildman–Crippen MR) is 116 cm³/mol. The summed E-state index contributed by atoms with van der Waals surface area (Å²) in [5.74, 6) is -0.307. The van der Waals surface area contributed by atoms with E-state index in [4.69, 9.17) is 0 Å². The summed E-state index contributed by atoms with van der Waals surface area (Å²) in [4.78, 5) is 24.8. The molecule has 0 spiro atoms. The van der Waals surface area contributed by atoms with Crippen LogP contribution in [-0.2, 0) is 21.4 Å². The summed E-state index contributed by atoms with van der Waals surface area (Å²) < 4.78 is 27.8.